The molecule has 4 unspecified atom stereocenters. The Morgan fingerprint density at radius 3 is 1.78 bits per heavy atom. The van der Waals surface area contributed by atoms with E-state index < -0.39 is 83.7 Å². The lowest BCUT2D eigenvalue weighted by molar-refractivity contribution is -0.159. The lowest BCUT2D eigenvalue weighted by atomic mass is 9.77. The third-order valence-corrected chi connectivity index (χ3v) is 12.9. The fourth-order valence-corrected chi connectivity index (χ4v) is 8.88. The Balaban J connectivity index is 1.58. The van der Waals surface area contributed by atoms with Crippen LogP contribution in [0.15, 0.2) is 60.7 Å². The number of hydrogen-bond donors (Lipinski definition) is 6. The van der Waals surface area contributed by atoms with E-state index in [1.54, 1.807) is 25.7 Å². The van der Waals surface area contributed by atoms with E-state index in [-0.39, 0.29) is 49.5 Å². The minimum Gasteiger partial charge on any atom is -0.481 e. The average molecular weight is 903 g/mol. The summed E-state index contributed by atoms with van der Waals surface area (Å²) in [4.78, 5) is 101. The summed E-state index contributed by atoms with van der Waals surface area (Å²) in [6, 6.07) is 14.2. The molecular formula is C50H74N6O9. The molecule has 4 rings (SSSR count). The molecule has 4 atom stereocenters. The highest BCUT2D eigenvalue weighted by Crippen LogP contribution is 2.42. The summed E-state index contributed by atoms with van der Waals surface area (Å²) >= 11 is 0. The number of ketones is 1. The topological polar surface area (TPSA) is 215 Å². The van der Waals surface area contributed by atoms with Crippen LogP contribution in [0.4, 0.5) is 0 Å². The van der Waals surface area contributed by atoms with Gasteiger partial charge in [0.1, 0.15) is 30.6 Å². The van der Waals surface area contributed by atoms with Crippen LogP contribution in [0.3, 0.4) is 0 Å². The van der Waals surface area contributed by atoms with Crippen LogP contribution in [-0.2, 0) is 46.4 Å². The van der Waals surface area contributed by atoms with Crippen LogP contribution in [0.5, 0.6) is 0 Å². The molecule has 6 N–H and O–H groups in total. The first-order valence-corrected chi connectivity index (χ1v) is 23.4. The van der Waals surface area contributed by atoms with E-state index in [1.807, 2.05) is 88.4 Å². The molecule has 1 aliphatic heterocycles. The van der Waals surface area contributed by atoms with Crippen molar-refractivity contribution >= 4 is 41.3 Å². The molecule has 0 radical (unpaired) electrons. The highest BCUT2D eigenvalue weighted by molar-refractivity contribution is 5.99. The van der Waals surface area contributed by atoms with Gasteiger partial charge in [0.05, 0.1) is 24.4 Å². The lowest BCUT2D eigenvalue weighted by Gasteiger charge is -2.37. The van der Waals surface area contributed by atoms with Crippen molar-refractivity contribution in [2.75, 3.05) is 32.9 Å². The first-order chi connectivity index (χ1) is 30.8. The van der Waals surface area contributed by atoms with Gasteiger partial charge >= 0.3 is 5.97 Å². The van der Waals surface area contributed by atoms with Crippen LogP contribution in [0, 0.1) is 28.6 Å². The first-order valence-electron chi connectivity index (χ1n) is 23.4. The second kappa shape index (κ2) is 24.4. The number of nitrogens with zero attached hydrogens (tertiary/aromatic N) is 2. The van der Waals surface area contributed by atoms with Crippen molar-refractivity contribution < 1.29 is 43.8 Å². The number of nitrogens with one attached hydrogen (secondary N) is 4. The molecule has 15 nitrogen and oxygen atoms in total. The van der Waals surface area contributed by atoms with Gasteiger partial charge in [-0.1, -0.05) is 122 Å². The van der Waals surface area contributed by atoms with Gasteiger partial charge in [-0.15, -0.1) is 0 Å². The largest absolute Gasteiger partial charge is 0.481 e. The molecule has 0 spiro atoms. The molecule has 1 heterocycles. The number of likely N-dealkylation sites (tertiary alicyclic amines) is 1. The van der Waals surface area contributed by atoms with Crippen molar-refractivity contribution in [1.29, 1.82) is 0 Å². The van der Waals surface area contributed by atoms with Gasteiger partial charge in [0.2, 0.25) is 29.5 Å². The number of carbonyl (C=O) groups excluding carboxylic acids is 6. The van der Waals surface area contributed by atoms with Gasteiger partial charge < -0.3 is 36.0 Å². The average Bonchev–Trinajstić information content (AvgIpc) is 3.99. The maximum Gasteiger partial charge on any atom is 0.312 e. The van der Waals surface area contributed by atoms with E-state index in [4.69, 9.17) is 0 Å². The standard InChI is InChI=1S/C50H74N6O9/c1-33(2)22-27-56(32-57)47(63)43(50(48(64)65)23-14-15-24-50)54-44(60)38(30-40(59)55-25-16-17-26-55)52-46(62)42(49(5,6)7)53-45(61)41(34(3)4)51-31-39(58)37(28-35-18-10-8-11-19-35)29-36-20-12-9-13-21-36/h8-13,18-21,33-34,37-38,41-43,51,57H,14-17,22-32H2,1-7H3,(H,52,62)(H,53,61)(H,54,60)(H,64,65). The van der Waals surface area contributed by atoms with E-state index >= 15 is 0 Å². The Morgan fingerprint density at radius 2 is 1.31 bits per heavy atom. The van der Waals surface area contributed by atoms with Crippen molar-refractivity contribution in [2.45, 2.75) is 137 Å². The molecule has 0 bridgehead atoms. The number of aliphatic hydroxyl groups is 1. The molecule has 1 saturated carbocycles. The van der Waals surface area contributed by atoms with Crippen molar-refractivity contribution in [3.63, 3.8) is 0 Å². The molecule has 1 saturated heterocycles. The van der Waals surface area contributed by atoms with Gasteiger partial charge in [-0.05, 0) is 73.3 Å². The Kier molecular flexibility index (Phi) is 19.7. The van der Waals surface area contributed by atoms with Gasteiger partial charge in [0.25, 0.3) is 0 Å². The predicted octanol–water partition coefficient (Wildman–Crippen LogP) is 4.25. The summed E-state index contributed by atoms with van der Waals surface area (Å²) in [5.74, 6) is -5.27. The van der Waals surface area contributed by atoms with Crippen molar-refractivity contribution in [3.8, 4) is 0 Å². The number of carbonyl (C=O) groups is 7. The summed E-state index contributed by atoms with van der Waals surface area (Å²) in [5.41, 5.74) is -0.578. The number of hydrogen-bond acceptors (Lipinski definition) is 9. The lowest BCUT2D eigenvalue weighted by Crippen LogP contribution is -2.64. The molecule has 358 valence electrons. The van der Waals surface area contributed by atoms with Gasteiger partial charge in [0.15, 0.2) is 0 Å². The molecule has 2 aliphatic rings. The molecule has 2 fully saturated rings. The highest BCUT2D eigenvalue weighted by Gasteiger charge is 2.53. The van der Waals surface area contributed by atoms with Crippen LogP contribution in [0.1, 0.15) is 111 Å². The number of benzene rings is 2. The van der Waals surface area contributed by atoms with Crippen LogP contribution >= 0.6 is 0 Å². The SMILES string of the molecule is CC(C)CCN(CO)C(=O)C(NC(=O)C(CC(=O)N1CCCC1)NC(=O)C(NC(=O)C(NCC(=O)C(Cc1ccccc1)Cc1ccccc1)C(C)C)C(C)(C)C)C1(C(=O)O)CCCC1. The van der Waals surface area contributed by atoms with E-state index in [1.165, 1.54) is 0 Å². The Bertz CT molecular complexity index is 1860. The summed E-state index contributed by atoms with van der Waals surface area (Å²) in [5, 5.41) is 32.3. The molecule has 1 aliphatic carbocycles. The Labute approximate surface area is 385 Å². The Hall–Kier alpha value is -5.15. The summed E-state index contributed by atoms with van der Waals surface area (Å²) < 4.78 is 0. The predicted molar refractivity (Wildman–Crippen MR) is 248 cm³/mol. The molecule has 2 aromatic rings. The smallest absolute Gasteiger partial charge is 0.312 e. The molecule has 5 amide bonds. The van der Waals surface area contributed by atoms with Crippen LogP contribution in [0.2, 0.25) is 0 Å². The fraction of sp³-hybridized carbons (Fsp3) is 0.620. The number of aliphatic carboxylic acids is 1. The zero-order valence-electron chi connectivity index (χ0n) is 39.6. The molecule has 0 aromatic heterocycles. The molecule has 15 heteroatoms. The maximum atomic E-state index is 14.5. The number of rotatable bonds is 24. The summed E-state index contributed by atoms with van der Waals surface area (Å²) in [6.45, 7) is 13.1. The van der Waals surface area contributed by atoms with Crippen LogP contribution in [0.25, 0.3) is 0 Å². The second-order valence-corrected chi connectivity index (χ2v) is 19.8. The van der Waals surface area contributed by atoms with Gasteiger partial charge in [-0.25, -0.2) is 0 Å². The van der Waals surface area contributed by atoms with Gasteiger partial charge in [-0.3, -0.25) is 38.9 Å². The van der Waals surface area contributed by atoms with E-state index in [0.29, 0.717) is 45.2 Å². The van der Waals surface area contributed by atoms with Crippen molar-refractivity contribution in [1.82, 2.24) is 31.1 Å². The maximum absolute atomic E-state index is 14.5. The number of amides is 5. The monoisotopic (exact) mass is 903 g/mol. The van der Waals surface area contributed by atoms with E-state index in [9.17, 15) is 43.8 Å². The van der Waals surface area contributed by atoms with Gasteiger partial charge in [0, 0.05) is 25.6 Å². The van der Waals surface area contributed by atoms with Crippen molar-refractivity contribution in [3.05, 3.63) is 71.8 Å². The zero-order chi connectivity index (χ0) is 47.9. The number of carboxylic acids is 1. The molecular weight excluding hydrogens is 829 g/mol. The first kappa shape index (κ1) is 52.5. The quantitative estimate of drug-likeness (QED) is 0.0825. The third kappa shape index (κ3) is 14.9. The number of carboxylic acid groups (broad SMARTS) is 1. The zero-order valence-corrected chi connectivity index (χ0v) is 39.6. The summed E-state index contributed by atoms with van der Waals surface area (Å²) in [6.07, 6.45) is 3.81. The van der Waals surface area contributed by atoms with Gasteiger partial charge in [-0.2, -0.15) is 0 Å². The summed E-state index contributed by atoms with van der Waals surface area (Å²) in [7, 11) is 0. The third-order valence-electron chi connectivity index (χ3n) is 12.9. The number of aliphatic hydroxyl groups excluding tert-OH is 1. The fourth-order valence-electron chi connectivity index (χ4n) is 8.88. The van der Waals surface area contributed by atoms with Crippen LogP contribution < -0.4 is 21.3 Å². The normalized spacial score (nSPS) is 16.8. The minimum atomic E-state index is -1.68. The second-order valence-electron chi connectivity index (χ2n) is 19.8. The van der Waals surface area contributed by atoms with Crippen molar-refractivity contribution in [2.24, 2.45) is 28.6 Å². The van der Waals surface area contributed by atoms with Crippen LogP contribution in [-0.4, -0.2) is 118 Å². The molecule has 2 aromatic carbocycles. The Morgan fingerprint density at radius 1 is 0.754 bits per heavy atom. The minimum absolute atomic E-state index is 0.0705. The van der Waals surface area contributed by atoms with E-state index in [2.05, 4.69) is 21.3 Å². The molecule has 65 heavy (non-hydrogen) atoms. The van der Waals surface area contributed by atoms with E-state index in [0.717, 1.165) is 28.9 Å². The highest BCUT2D eigenvalue weighted by atomic mass is 16.4. The number of Topliss-reactive ketones (excluding diaryl/α,β-unsaturated/α-hetero) is 1.